The molecule has 0 bridgehead atoms. The van der Waals surface area contributed by atoms with Crippen molar-refractivity contribution in [2.75, 3.05) is 14.2 Å². The first kappa shape index (κ1) is 14.1. The van der Waals surface area contributed by atoms with Crippen LogP contribution in [0.1, 0.15) is 0 Å². The van der Waals surface area contributed by atoms with E-state index >= 15 is 0 Å². The lowest BCUT2D eigenvalue weighted by atomic mass is 10.1. The minimum absolute atomic E-state index is 0.103. The normalized spacial score (nSPS) is 10.7. The molecule has 0 amide bonds. The molecule has 0 aliphatic heterocycles. The molecule has 1 heterocycles. The molecular weight excluding hydrogens is 287 g/mol. The van der Waals surface area contributed by atoms with Gasteiger partial charge in [0.1, 0.15) is 17.1 Å². The third kappa shape index (κ3) is 2.30. The molecule has 0 aliphatic rings. The number of ether oxygens (including phenoxy) is 2. The zero-order chi connectivity index (χ0) is 15.7. The Kier molecular flexibility index (Phi) is 3.55. The topological polar surface area (TPSA) is 48.7 Å². The summed E-state index contributed by atoms with van der Waals surface area (Å²) in [6.45, 7) is 0. The van der Waals surface area contributed by atoms with Crippen molar-refractivity contribution >= 4 is 11.0 Å². The molecule has 0 unspecified atom stereocenters. The molecule has 112 valence electrons. The summed E-state index contributed by atoms with van der Waals surface area (Å²) < 4.78 is 30.0. The summed E-state index contributed by atoms with van der Waals surface area (Å²) in [6.07, 6.45) is 0. The molecule has 0 radical (unpaired) electrons. The Morgan fingerprint density at radius 3 is 2.23 bits per heavy atom. The fourth-order valence-corrected chi connectivity index (χ4v) is 2.21. The third-order valence-electron chi connectivity index (χ3n) is 3.40. The second-order valence-corrected chi connectivity index (χ2v) is 4.66. The molecule has 0 fully saturated rings. The monoisotopic (exact) mass is 300 g/mol. The first-order chi connectivity index (χ1) is 10.6. The van der Waals surface area contributed by atoms with Crippen molar-refractivity contribution < 1.29 is 18.3 Å². The molecule has 22 heavy (non-hydrogen) atoms. The van der Waals surface area contributed by atoms with E-state index in [2.05, 4.69) is 0 Å². The quantitative estimate of drug-likeness (QED) is 0.741. The van der Waals surface area contributed by atoms with E-state index in [0.29, 0.717) is 17.1 Å². The van der Waals surface area contributed by atoms with E-state index in [-0.39, 0.29) is 16.7 Å². The Morgan fingerprint density at radius 1 is 0.955 bits per heavy atom. The van der Waals surface area contributed by atoms with Crippen LogP contribution in [0.4, 0.5) is 4.39 Å². The van der Waals surface area contributed by atoms with Crippen molar-refractivity contribution in [2.24, 2.45) is 0 Å². The molecule has 2 aromatic carbocycles. The van der Waals surface area contributed by atoms with Crippen molar-refractivity contribution in [1.29, 1.82) is 0 Å². The van der Waals surface area contributed by atoms with Gasteiger partial charge in [-0.15, -0.1) is 0 Å². The highest BCUT2D eigenvalue weighted by atomic mass is 19.1. The van der Waals surface area contributed by atoms with Gasteiger partial charge < -0.3 is 13.9 Å². The minimum Gasteiger partial charge on any atom is -0.497 e. The average molecular weight is 300 g/mol. The van der Waals surface area contributed by atoms with E-state index in [0.717, 1.165) is 0 Å². The van der Waals surface area contributed by atoms with Gasteiger partial charge in [0.05, 0.1) is 19.6 Å². The molecule has 4 nitrogen and oxygen atoms in total. The highest BCUT2D eigenvalue weighted by Crippen LogP contribution is 2.28. The van der Waals surface area contributed by atoms with Crippen LogP contribution >= 0.6 is 0 Å². The number of fused-ring (bicyclic) bond motifs is 1. The van der Waals surface area contributed by atoms with Gasteiger partial charge >= 0.3 is 0 Å². The maximum absolute atomic E-state index is 14.3. The highest BCUT2D eigenvalue weighted by Gasteiger charge is 2.16. The lowest BCUT2D eigenvalue weighted by Gasteiger charge is -2.07. The number of methoxy groups -OCH3 is 2. The van der Waals surface area contributed by atoms with E-state index in [1.165, 1.54) is 20.3 Å². The number of hydrogen-bond donors (Lipinski definition) is 0. The van der Waals surface area contributed by atoms with Gasteiger partial charge in [0.2, 0.25) is 11.2 Å². The fourth-order valence-electron chi connectivity index (χ4n) is 2.21. The summed E-state index contributed by atoms with van der Waals surface area (Å²) in [5, 5.41) is 0.176. The molecule has 5 heteroatoms. The second kappa shape index (κ2) is 5.52. The highest BCUT2D eigenvalue weighted by molar-refractivity contribution is 5.80. The van der Waals surface area contributed by atoms with Crippen molar-refractivity contribution in [1.82, 2.24) is 0 Å². The van der Waals surface area contributed by atoms with E-state index in [1.807, 2.05) is 0 Å². The maximum atomic E-state index is 14.3. The zero-order valence-electron chi connectivity index (χ0n) is 12.1. The Bertz CT molecular complexity index is 882. The molecular formula is C17H13FO4. The molecule has 0 spiro atoms. The third-order valence-corrected chi connectivity index (χ3v) is 3.40. The molecule has 0 saturated heterocycles. The summed E-state index contributed by atoms with van der Waals surface area (Å²) in [6, 6.07) is 11.2. The SMILES string of the molecule is COc1ccc(-c2oc3cc(OC)ccc3c(=O)c2F)cc1. The van der Waals surface area contributed by atoms with Gasteiger partial charge in [0.15, 0.2) is 5.76 Å². The Morgan fingerprint density at radius 2 is 1.59 bits per heavy atom. The molecule has 1 aromatic heterocycles. The van der Waals surface area contributed by atoms with Crippen LogP contribution < -0.4 is 14.9 Å². The van der Waals surface area contributed by atoms with Crippen molar-refractivity contribution in [3.05, 3.63) is 58.5 Å². The summed E-state index contributed by atoms with van der Waals surface area (Å²) in [5.41, 5.74) is 0.0337. The van der Waals surface area contributed by atoms with Crippen molar-refractivity contribution in [3.63, 3.8) is 0 Å². The van der Waals surface area contributed by atoms with Gasteiger partial charge in [-0.2, -0.15) is 4.39 Å². The maximum Gasteiger partial charge on any atom is 0.229 e. The van der Waals surface area contributed by atoms with Gasteiger partial charge in [-0.05, 0) is 36.4 Å². The first-order valence-electron chi connectivity index (χ1n) is 6.59. The van der Waals surface area contributed by atoms with Crippen LogP contribution in [-0.2, 0) is 0 Å². The molecule has 0 N–H and O–H groups in total. The predicted molar refractivity (Wildman–Crippen MR) is 81.0 cm³/mol. The van der Waals surface area contributed by atoms with E-state index in [1.54, 1.807) is 36.4 Å². The lowest BCUT2D eigenvalue weighted by Crippen LogP contribution is -2.08. The second-order valence-electron chi connectivity index (χ2n) is 4.66. The number of benzene rings is 2. The Balaban J connectivity index is 2.24. The van der Waals surface area contributed by atoms with Gasteiger partial charge in [-0.1, -0.05) is 0 Å². The smallest absolute Gasteiger partial charge is 0.229 e. The molecule has 3 aromatic rings. The van der Waals surface area contributed by atoms with Crippen LogP contribution in [0.3, 0.4) is 0 Å². The number of rotatable bonds is 3. The fraction of sp³-hybridized carbons (Fsp3) is 0.118. The van der Waals surface area contributed by atoms with Gasteiger partial charge in [-0.25, -0.2) is 0 Å². The zero-order valence-corrected chi connectivity index (χ0v) is 12.1. The summed E-state index contributed by atoms with van der Waals surface area (Å²) in [5.74, 6) is 0.146. The standard InChI is InChI=1S/C17H13FO4/c1-20-11-5-3-10(4-6-11)17-15(18)16(19)13-8-7-12(21-2)9-14(13)22-17/h3-9H,1-2H3. The largest absolute Gasteiger partial charge is 0.497 e. The Hall–Kier alpha value is -2.82. The Labute approximate surface area is 125 Å². The molecule has 3 rings (SSSR count). The van der Waals surface area contributed by atoms with Crippen LogP contribution in [0.25, 0.3) is 22.3 Å². The van der Waals surface area contributed by atoms with Crippen LogP contribution in [0.2, 0.25) is 0 Å². The van der Waals surface area contributed by atoms with Crippen LogP contribution in [-0.4, -0.2) is 14.2 Å². The van der Waals surface area contributed by atoms with E-state index in [9.17, 15) is 9.18 Å². The summed E-state index contributed by atoms with van der Waals surface area (Å²) in [4.78, 5) is 12.1. The van der Waals surface area contributed by atoms with Crippen LogP contribution in [0.5, 0.6) is 11.5 Å². The van der Waals surface area contributed by atoms with E-state index in [4.69, 9.17) is 13.9 Å². The van der Waals surface area contributed by atoms with E-state index < -0.39 is 11.2 Å². The van der Waals surface area contributed by atoms with Gasteiger partial charge in [0, 0.05) is 11.6 Å². The molecule has 0 atom stereocenters. The average Bonchev–Trinajstić information content (AvgIpc) is 2.57. The number of hydrogen-bond acceptors (Lipinski definition) is 4. The lowest BCUT2D eigenvalue weighted by molar-refractivity contribution is 0.414. The molecule has 0 saturated carbocycles. The first-order valence-corrected chi connectivity index (χ1v) is 6.59. The summed E-state index contributed by atoms with van der Waals surface area (Å²) >= 11 is 0. The van der Waals surface area contributed by atoms with Crippen molar-refractivity contribution in [3.8, 4) is 22.8 Å². The minimum atomic E-state index is -0.914. The van der Waals surface area contributed by atoms with Crippen molar-refractivity contribution in [2.45, 2.75) is 0 Å². The summed E-state index contributed by atoms with van der Waals surface area (Å²) in [7, 11) is 3.05. The van der Waals surface area contributed by atoms with Gasteiger partial charge in [-0.3, -0.25) is 4.79 Å². The van der Waals surface area contributed by atoms with Crippen LogP contribution in [0, 0.1) is 5.82 Å². The number of halogens is 1. The van der Waals surface area contributed by atoms with Gasteiger partial charge in [0.25, 0.3) is 0 Å². The molecule has 0 aliphatic carbocycles. The predicted octanol–water partition coefficient (Wildman–Crippen LogP) is 3.62. The van der Waals surface area contributed by atoms with Crippen LogP contribution in [0.15, 0.2) is 51.7 Å².